The van der Waals surface area contributed by atoms with Gasteiger partial charge in [0.15, 0.2) is 0 Å². The first-order valence-corrected chi connectivity index (χ1v) is 6.33. The van der Waals surface area contributed by atoms with Crippen molar-refractivity contribution in [2.75, 3.05) is 5.73 Å². The number of aromatic nitrogens is 3. The number of nitrogens with zero attached hydrogens (tertiary/aromatic N) is 3. The van der Waals surface area contributed by atoms with Crippen LogP contribution >= 0.6 is 15.9 Å². The first kappa shape index (κ1) is 11.9. The highest BCUT2D eigenvalue weighted by atomic mass is 79.9. The summed E-state index contributed by atoms with van der Waals surface area (Å²) in [5.41, 5.74) is 7.16. The van der Waals surface area contributed by atoms with Crippen molar-refractivity contribution >= 4 is 21.7 Å². The van der Waals surface area contributed by atoms with Crippen molar-refractivity contribution in [3.8, 4) is 22.8 Å². The molecule has 94 valence electrons. The van der Waals surface area contributed by atoms with Gasteiger partial charge in [-0.25, -0.2) is 4.98 Å². The molecule has 2 aromatic heterocycles. The number of rotatable bonds is 2. The summed E-state index contributed by atoms with van der Waals surface area (Å²) < 4.78 is 6.19. The molecule has 2 heterocycles. The van der Waals surface area contributed by atoms with Gasteiger partial charge in [0.1, 0.15) is 5.82 Å². The third-order valence-electron chi connectivity index (χ3n) is 2.54. The number of benzene rings is 1. The third kappa shape index (κ3) is 2.48. The number of nitrogen functional groups attached to an aromatic ring is 1. The maximum absolute atomic E-state index is 5.53. The van der Waals surface area contributed by atoms with Gasteiger partial charge in [-0.15, -0.1) is 0 Å². The summed E-state index contributed by atoms with van der Waals surface area (Å²) in [6.07, 6.45) is 1.60. The van der Waals surface area contributed by atoms with Crippen LogP contribution in [-0.2, 0) is 0 Å². The lowest BCUT2D eigenvalue weighted by molar-refractivity contribution is 0.432. The highest BCUT2D eigenvalue weighted by molar-refractivity contribution is 9.10. The summed E-state index contributed by atoms with van der Waals surface area (Å²) in [5.74, 6) is 1.41. The minimum atomic E-state index is 0.419. The summed E-state index contributed by atoms with van der Waals surface area (Å²) in [4.78, 5) is 8.34. The van der Waals surface area contributed by atoms with E-state index in [9.17, 15) is 0 Å². The molecule has 6 heteroatoms. The first-order valence-electron chi connectivity index (χ1n) is 5.54. The number of hydrogen-bond donors (Lipinski definition) is 1. The predicted molar refractivity (Wildman–Crippen MR) is 75.1 cm³/mol. The molecule has 0 saturated carbocycles. The SMILES string of the molecule is Nc1ccc(-c2nc(-c3cccc(Br)c3)no2)cn1. The Morgan fingerprint density at radius 3 is 2.74 bits per heavy atom. The van der Waals surface area contributed by atoms with Gasteiger partial charge in [-0.1, -0.05) is 33.2 Å². The summed E-state index contributed by atoms with van der Waals surface area (Å²) >= 11 is 3.41. The van der Waals surface area contributed by atoms with E-state index in [-0.39, 0.29) is 0 Å². The molecule has 1 aromatic carbocycles. The van der Waals surface area contributed by atoms with Crippen LogP contribution in [0, 0.1) is 0 Å². The molecular weight excluding hydrogens is 308 g/mol. The van der Waals surface area contributed by atoms with E-state index < -0.39 is 0 Å². The van der Waals surface area contributed by atoms with E-state index in [0.29, 0.717) is 17.5 Å². The lowest BCUT2D eigenvalue weighted by atomic mass is 10.2. The van der Waals surface area contributed by atoms with Gasteiger partial charge in [-0.2, -0.15) is 4.98 Å². The molecule has 3 aromatic rings. The summed E-state index contributed by atoms with van der Waals surface area (Å²) in [6.45, 7) is 0. The van der Waals surface area contributed by atoms with Crippen LogP contribution in [0.3, 0.4) is 0 Å². The zero-order valence-corrected chi connectivity index (χ0v) is 11.3. The van der Waals surface area contributed by atoms with Crippen LogP contribution in [0.2, 0.25) is 0 Å². The summed E-state index contributed by atoms with van der Waals surface area (Å²) in [5, 5.41) is 3.96. The normalized spacial score (nSPS) is 10.6. The van der Waals surface area contributed by atoms with Gasteiger partial charge in [0.2, 0.25) is 5.82 Å². The third-order valence-corrected chi connectivity index (χ3v) is 3.04. The smallest absolute Gasteiger partial charge is 0.259 e. The fourth-order valence-corrected chi connectivity index (χ4v) is 2.02. The Balaban J connectivity index is 1.97. The Morgan fingerprint density at radius 1 is 1.11 bits per heavy atom. The van der Waals surface area contributed by atoms with Crippen LogP contribution in [-0.4, -0.2) is 15.1 Å². The highest BCUT2D eigenvalue weighted by Crippen LogP contribution is 2.24. The van der Waals surface area contributed by atoms with E-state index in [0.717, 1.165) is 15.6 Å². The van der Waals surface area contributed by atoms with Crippen LogP contribution in [0.1, 0.15) is 0 Å². The predicted octanol–water partition coefficient (Wildman–Crippen LogP) is 3.14. The zero-order chi connectivity index (χ0) is 13.2. The standard InChI is InChI=1S/C13H9BrN4O/c14-10-3-1-2-8(6-10)12-17-13(19-18-12)9-4-5-11(15)16-7-9/h1-7H,(H2,15,16). The number of pyridine rings is 1. The van der Waals surface area contributed by atoms with E-state index in [4.69, 9.17) is 10.3 Å². The minimum Gasteiger partial charge on any atom is -0.384 e. The fraction of sp³-hybridized carbons (Fsp3) is 0. The van der Waals surface area contributed by atoms with E-state index in [1.54, 1.807) is 18.3 Å². The van der Waals surface area contributed by atoms with Crippen molar-refractivity contribution in [1.82, 2.24) is 15.1 Å². The first-order chi connectivity index (χ1) is 9.22. The molecule has 0 bridgehead atoms. The summed E-state index contributed by atoms with van der Waals surface area (Å²) in [6, 6.07) is 11.2. The van der Waals surface area contributed by atoms with Gasteiger partial charge in [0.05, 0.1) is 5.56 Å². The maximum atomic E-state index is 5.53. The van der Waals surface area contributed by atoms with E-state index in [2.05, 4.69) is 31.1 Å². The second-order valence-corrected chi connectivity index (χ2v) is 4.82. The van der Waals surface area contributed by atoms with Gasteiger partial charge in [0.25, 0.3) is 5.89 Å². The molecule has 0 amide bonds. The quantitative estimate of drug-likeness (QED) is 0.785. The second-order valence-electron chi connectivity index (χ2n) is 3.91. The molecule has 0 aliphatic rings. The Kier molecular flexibility index (Phi) is 3.00. The van der Waals surface area contributed by atoms with Crippen LogP contribution < -0.4 is 5.73 Å². The van der Waals surface area contributed by atoms with Crippen LogP contribution in [0.5, 0.6) is 0 Å². The van der Waals surface area contributed by atoms with Crippen LogP contribution in [0.4, 0.5) is 5.82 Å². The molecule has 5 nitrogen and oxygen atoms in total. The number of nitrogens with two attached hydrogens (primary N) is 1. The van der Waals surface area contributed by atoms with E-state index >= 15 is 0 Å². The fourth-order valence-electron chi connectivity index (χ4n) is 1.62. The van der Waals surface area contributed by atoms with Crippen molar-refractivity contribution in [2.24, 2.45) is 0 Å². The molecule has 0 aliphatic heterocycles. The van der Waals surface area contributed by atoms with E-state index in [1.807, 2.05) is 24.3 Å². The van der Waals surface area contributed by atoms with Crippen molar-refractivity contribution in [3.05, 3.63) is 47.1 Å². The highest BCUT2D eigenvalue weighted by Gasteiger charge is 2.10. The molecule has 0 atom stereocenters. The summed E-state index contributed by atoms with van der Waals surface area (Å²) in [7, 11) is 0. The number of halogens is 1. The molecule has 0 saturated heterocycles. The largest absolute Gasteiger partial charge is 0.384 e. The van der Waals surface area contributed by atoms with Crippen LogP contribution in [0.25, 0.3) is 22.8 Å². The molecular formula is C13H9BrN4O. The maximum Gasteiger partial charge on any atom is 0.259 e. The molecule has 0 unspecified atom stereocenters. The zero-order valence-electron chi connectivity index (χ0n) is 9.75. The second kappa shape index (κ2) is 4.81. The Hall–Kier alpha value is -2.21. The topological polar surface area (TPSA) is 77.8 Å². The monoisotopic (exact) mass is 316 g/mol. The van der Waals surface area contributed by atoms with Crippen molar-refractivity contribution < 1.29 is 4.52 Å². The lowest BCUT2D eigenvalue weighted by Gasteiger charge is -1.95. The molecule has 0 aliphatic carbocycles. The Labute approximate surface area is 117 Å². The van der Waals surface area contributed by atoms with Crippen LogP contribution in [0.15, 0.2) is 51.6 Å². The average Bonchev–Trinajstić information content (AvgIpc) is 2.89. The number of anilines is 1. The minimum absolute atomic E-state index is 0.419. The average molecular weight is 317 g/mol. The van der Waals surface area contributed by atoms with Gasteiger partial charge in [-0.05, 0) is 24.3 Å². The lowest BCUT2D eigenvalue weighted by Crippen LogP contribution is -1.89. The molecule has 0 spiro atoms. The van der Waals surface area contributed by atoms with Crippen molar-refractivity contribution in [3.63, 3.8) is 0 Å². The molecule has 0 fully saturated rings. The molecule has 3 rings (SSSR count). The van der Waals surface area contributed by atoms with Gasteiger partial charge in [0, 0.05) is 16.2 Å². The van der Waals surface area contributed by atoms with Crippen molar-refractivity contribution in [1.29, 1.82) is 0 Å². The molecule has 0 radical (unpaired) electrons. The number of hydrogen-bond acceptors (Lipinski definition) is 5. The Bertz CT molecular complexity index is 709. The molecule has 2 N–H and O–H groups in total. The van der Waals surface area contributed by atoms with Crippen molar-refractivity contribution in [2.45, 2.75) is 0 Å². The van der Waals surface area contributed by atoms with E-state index in [1.165, 1.54) is 0 Å². The van der Waals surface area contributed by atoms with Gasteiger partial charge < -0.3 is 10.3 Å². The van der Waals surface area contributed by atoms with Gasteiger partial charge in [-0.3, -0.25) is 0 Å². The molecule has 19 heavy (non-hydrogen) atoms. The van der Waals surface area contributed by atoms with Gasteiger partial charge >= 0.3 is 0 Å². The Morgan fingerprint density at radius 2 is 2.00 bits per heavy atom.